The summed E-state index contributed by atoms with van der Waals surface area (Å²) in [6.45, 7) is 0.581. The first-order valence-electron chi connectivity index (χ1n) is 5.45. The molecule has 0 atom stereocenters. The maximum absolute atomic E-state index is 12.3. The molecule has 6 heteroatoms. The van der Waals surface area contributed by atoms with Gasteiger partial charge < -0.3 is 14.6 Å². The molecule has 2 heterocycles. The quantitative estimate of drug-likeness (QED) is 0.852. The fraction of sp³-hybridized carbons (Fsp3) is 0.545. The fourth-order valence-electron chi connectivity index (χ4n) is 1.93. The highest BCUT2D eigenvalue weighted by Crippen LogP contribution is 2.18. The molecule has 0 saturated carbocycles. The minimum atomic E-state index is -2.48. The Morgan fingerprint density at radius 1 is 1.53 bits per heavy atom. The van der Waals surface area contributed by atoms with Gasteiger partial charge in [-0.25, -0.2) is 8.78 Å². The van der Waals surface area contributed by atoms with Crippen LogP contribution in [0.3, 0.4) is 0 Å². The largest absolute Gasteiger partial charge is 0.396 e. The van der Waals surface area contributed by atoms with Crippen LogP contribution in [-0.2, 0) is 6.54 Å². The van der Waals surface area contributed by atoms with Gasteiger partial charge in [0.05, 0.1) is 6.54 Å². The van der Waals surface area contributed by atoms with Crippen LogP contribution in [-0.4, -0.2) is 46.6 Å². The molecule has 1 amide bonds. The van der Waals surface area contributed by atoms with Gasteiger partial charge in [-0.2, -0.15) is 0 Å². The van der Waals surface area contributed by atoms with Crippen molar-refractivity contribution in [1.29, 1.82) is 0 Å². The summed E-state index contributed by atoms with van der Waals surface area (Å²) in [6.07, 6.45) is -1.00. The Hall–Kier alpha value is -1.43. The van der Waals surface area contributed by atoms with E-state index in [9.17, 15) is 13.6 Å². The van der Waals surface area contributed by atoms with Crippen molar-refractivity contribution in [2.24, 2.45) is 5.92 Å². The number of hydrogen-bond acceptors (Lipinski definition) is 2. The van der Waals surface area contributed by atoms with Gasteiger partial charge in [-0.05, 0) is 12.1 Å². The number of alkyl halides is 2. The van der Waals surface area contributed by atoms with Crippen molar-refractivity contribution in [3.05, 3.63) is 24.0 Å². The Morgan fingerprint density at radius 2 is 2.24 bits per heavy atom. The molecule has 0 radical (unpaired) electrons. The van der Waals surface area contributed by atoms with Crippen LogP contribution in [0.5, 0.6) is 0 Å². The van der Waals surface area contributed by atoms with Gasteiger partial charge in [0.2, 0.25) is 0 Å². The zero-order valence-corrected chi connectivity index (χ0v) is 9.22. The smallest absolute Gasteiger partial charge is 0.270 e. The highest BCUT2D eigenvalue weighted by atomic mass is 19.3. The van der Waals surface area contributed by atoms with Crippen LogP contribution < -0.4 is 0 Å². The number of aliphatic hydroxyl groups is 1. The summed E-state index contributed by atoms with van der Waals surface area (Å²) in [5.41, 5.74) is 0.279. The van der Waals surface area contributed by atoms with Crippen LogP contribution in [0.25, 0.3) is 0 Å². The second kappa shape index (κ2) is 4.83. The van der Waals surface area contributed by atoms with Crippen LogP contribution in [0, 0.1) is 5.92 Å². The lowest BCUT2D eigenvalue weighted by molar-refractivity contribution is 0.0348. The Balaban J connectivity index is 2.02. The molecule has 1 aromatic rings. The third-order valence-corrected chi connectivity index (χ3v) is 2.89. The summed E-state index contributed by atoms with van der Waals surface area (Å²) < 4.78 is 25.8. The van der Waals surface area contributed by atoms with Crippen molar-refractivity contribution >= 4 is 5.91 Å². The molecule has 1 saturated heterocycles. The molecule has 1 fully saturated rings. The number of aliphatic hydroxyl groups excluding tert-OH is 1. The molecule has 0 bridgehead atoms. The van der Waals surface area contributed by atoms with E-state index in [4.69, 9.17) is 5.11 Å². The monoisotopic (exact) mass is 244 g/mol. The van der Waals surface area contributed by atoms with E-state index in [0.29, 0.717) is 13.1 Å². The summed E-state index contributed by atoms with van der Waals surface area (Å²) in [4.78, 5) is 13.5. The van der Waals surface area contributed by atoms with Gasteiger partial charge in [-0.3, -0.25) is 4.79 Å². The summed E-state index contributed by atoms with van der Waals surface area (Å²) in [6, 6.07) is 3.12. The molecule has 0 aromatic carbocycles. The van der Waals surface area contributed by atoms with Gasteiger partial charge in [0.25, 0.3) is 12.3 Å². The first kappa shape index (κ1) is 12.0. The SMILES string of the molecule is O=C(c1cccn1CC(F)F)N1CC(CO)C1. The number of rotatable bonds is 4. The lowest BCUT2D eigenvalue weighted by Gasteiger charge is -2.38. The molecule has 17 heavy (non-hydrogen) atoms. The lowest BCUT2D eigenvalue weighted by Crippen LogP contribution is -2.51. The van der Waals surface area contributed by atoms with E-state index in [1.54, 1.807) is 11.0 Å². The molecule has 1 aliphatic rings. The van der Waals surface area contributed by atoms with Gasteiger partial charge in [0.15, 0.2) is 0 Å². The number of nitrogens with zero attached hydrogens (tertiary/aromatic N) is 2. The van der Waals surface area contributed by atoms with Crippen molar-refractivity contribution in [2.75, 3.05) is 19.7 Å². The average Bonchev–Trinajstić information content (AvgIpc) is 2.63. The Bertz CT molecular complexity index is 400. The van der Waals surface area contributed by atoms with Crippen LogP contribution >= 0.6 is 0 Å². The minimum Gasteiger partial charge on any atom is -0.396 e. The molecular weight excluding hydrogens is 230 g/mol. The van der Waals surface area contributed by atoms with E-state index < -0.39 is 13.0 Å². The highest BCUT2D eigenvalue weighted by Gasteiger charge is 2.31. The van der Waals surface area contributed by atoms with E-state index in [1.807, 2.05) is 0 Å². The summed E-state index contributed by atoms with van der Waals surface area (Å²) >= 11 is 0. The minimum absolute atomic E-state index is 0.0574. The standard InChI is InChI=1S/C11H14F2N2O2/c12-10(13)6-14-3-1-2-9(14)11(17)15-4-8(5-15)7-16/h1-3,8,10,16H,4-7H2. The van der Waals surface area contributed by atoms with Crippen molar-refractivity contribution in [2.45, 2.75) is 13.0 Å². The van der Waals surface area contributed by atoms with Gasteiger partial charge >= 0.3 is 0 Å². The molecule has 4 nitrogen and oxygen atoms in total. The van der Waals surface area contributed by atoms with Crippen LogP contribution in [0.1, 0.15) is 10.5 Å². The van der Waals surface area contributed by atoms with Gasteiger partial charge in [-0.1, -0.05) is 0 Å². The second-order valence-electron chi connectivity index (χ2n) is 4.20. The van der Waals surface area contributed by atoms with Gasteiger partial charge in [-0.15, -0.1) is 0 Å². The topological polar surface area (TPSA) is 45.5 Å². The van der Waals surface area contributed by atoms with E-state index in [0.717, 1.165) is 0 Å². The molecule has 1 N–H and O–H groups in total. The fourth-order valence-corrected chi connectivity index (χ4v) is 1.93. The Labute approximate surface area is 97.4 Å². The van der Waals surface area contributed by atoms with E-state index >= 15 is 0 Å². The molecular formula is C11H14F2N2O2. The summed E-state index contributed by atoms with van der Waals surface area (Å²) in [5.74, 6) is -0.127. The molecule has 1 aromatic heterocycles. The Morgan fingerprint density at radius 3 is 2.82 bits per heavy atom. The molecule has 0 spiro atoms. The number of hydrogen-bond donors (Lipinski definition) is 1. The number of likely N-dealkylation sites (tertiary alicyclic amines) is 1. The number of carbonyl (C=O) groups is 1. The van der Waals surface area contributed by atoms with Gasteiger partial charge in [0, 0.05) is 31.8 Å². The van der Waals surface area contributed by atoms with Crippen molar-refractivity contribution in [1.82, 2.24) is 9.47 Å². The maximum Gasteiger partial charge on any atom is 0.270 e. The average molecular weight is 244 g/mol. The number of amides is 1. The van der Waals surface area contributed by atoms with Crippen molar-refractivity contribution < 1.29 is 18.7 Å². The van der Waals surface area contributed by atoms with Crippen molar-refractivity contribution in [3.63, 3.8) is 0 Å². The number of carbonyl (C=O) groups excluding carboxylic acids is 1. The summed E-state index contributed by atoms with van der Waals surface area (Å²) in [5, 5.41) is 8.85. The zero-order valence-electron chi connectivity index (χ0n) is 9.22. The lowest BCUT2D eigenvalue weighted by atomic mass is 10.0. The molecule has 0 unspecified atom stereocenters. The summed E-state index contributed by atoms with van der Waals surface area (Å²) in [7, 11) is 0. The first-order valence-corrected chi connectivity index (χ1v) is 5.45. The zero-order chi connectivity index (χ0) is 12.4. The first-order chi connectivity index (χ1) is 8.11. The molecule has 2 rings (SSSR count). The maximum atomic E-state index is 12.3. The predicted octanol–water partition coefficient (Wildman–Crippen LogP) is 0.818. The van der Waals surface area contributed by atoms with Gasteiger partial charge in [0.1, 0.15) is 5.69 Å². The molecule has 94 valence electrons. The third-order valence-electron chi connectivity index (χ3n) is 2.89. The number of aromatic nitrogens is 1. The highest BCUT2D eigenvalue weighted by molar-refractivity contribution is 5.93. The predicted molar refractivity (Wildman–Crippen MR) is 56.9 cm³/mol. The van der Waals surface area contributed by atoms with E-state index in [-0.39, 0.29) is 24.1 Å². The van der Waals surface area contributed by atoms with E-state index in [2.05, 4.69) is 0 Å². The van der Waals surface area contributed by atoms with Crippen LogP contribution in [0.4, 0.5) is 8.78 Å². The van der Waals surface area contributed by atoms with Crippen LogP contribution in [0.15, 0.2) is 18.3 Å². The molecule has 1 aliphatic heterocycles. The van der Waals surface area contributed by atoms with E-state index in [1.165, 1.54) is 16.8 Å². The Kier molecular flexibility index (Phi) is 3.42. The number of halogens is 2. The normalized spacial score (nSPS) is 16.4. The van der Waals surface area contributed by atoms with Crippen molar-refractivity contribution in [3.8, 4) is 0 Å². The van der Waals surface area contributed by atoms with Crippen LogP contribution in [0.2, 0.25) is 0 Å². The third kappa shape index (κ3) is 2.46. The molecule has 0 aliphatic carbocycles. The second-order valence-corrected chi connectivity index (χ2v) is 4.20.